The van der Waals surface area contributed by atoms with Crippen LogP contribution in [0.2, 0.25) is 0 Å². The van der Waals surface area contributed by atoms with E-state index in [9.17, 15) is 9.90 Å². The van der Waals surface area contributed by atoms with Gasteiger partial charge in [0.05, 0.1) is 20.1 Å². The summed E-state index contributed by atoms with van der Waals surface area (Å²) in [5, 5.41) is 12.1. The largest absolute Gasteiger partial charge is 0.498 e. The molecular weight excluding hydrogens is 352 g/mol. The Bertz CT molecular complexity index is 1010. The summed E-state index contributed by atoms with van der Waals surface area (Å²) >= 11 is 0. The molecule has 28 heavy (non-hydrogen) atoms. The predicted octanol–water partition coefficient (Wildman–Crippen LogP) is 3.59. The van der Waals surface area contributed by atoms with Crippen molar-refractivity contribution in [3.8, 4) is 5.75 Å². The zero-order valence-corrected chi connectivity index (χ0v) is 16.3. The number of Topliss-reactive ketones (excluding diaryl/α,β-unsaturated/α-hetero) is 1. The fourth-order valence-electron chi connectivity index (χ4n) is 5.98. The maximum Gasteiger partial charge on any atom is 0.156 e. The maximum atomic E-state index is 13.5. The summed E-state index contributed by atoms with van der Waals surface area (Å²) in [4.78, 5) is 13.5. The molecule has 0 amide bonds. The molecule has 144 valence electrons. The summed E-state index contributed by atoms with van der Waals surface area (Å²) in [6.07, 6.45) is 2.70. The van der Waals surface area contributed by atoms with E-state index in [0.29, 0.717) is 17.1 Å². The zero-order valence-electron chi connectivity index (χ0n) is 16.3. The van der Waals surface area contributed by atoms with Crippen LogP contribution in [-0.4, -0.2) is 25.1 Å². The molecule has 5 rings (SSSR count). The number of ether oxygens (including phenoxy) is 2. The van der Waals surface area contributed by atoms with Crippen molar-refractivity contribution in [3.63, 3.8) is 0 Å². The zero-order chi connectivity index (χ0) is 19.7. The third-order valence-corrected chi connectivity index (χ3v) is 7.20. The normalized spacial score (nSPS) is 35.2. The van der Waals surface area contributed by atoms with Crippen LogP contribution >= 0.6 is 0 Å². The average Bonchev–Trinajstić information content (AvgIpc) is 3.08. The van der Waals surface area contributed by atoms with Gasteiger partial charge in [-0.1, -0.05) is 43.3 Å². The topological polar surface area (TPSA) is 55.8 Å². The third-order valence-electron chi connectivity index (χ3n) is 7.20. The van der Waals surface area contributed by atoms with Gasteiger partial charge in [0, 0.05) is 11.8 Å². The van der Waals surface area contributed by atoms with Crippen molar-refractivity contribution >= 4 is 5.78 Å². The lowest BCUT2D eigenvalue weighted by Gasteiger charge is -2.39. The quantitative estimate of drug-likeness (QED) is 0.890. The molecule has 3 aliphatic rings. The maximum absolute atomic E-state index is 13.5. The van der Waals surface area contributed by atoms with Crippen LogP contribution in [-0.2, 0) is 21.6 Å². The first-order valence-corrected chi connectivity index (χ1v) is 9.70. The molecule has 5 atom stereocenters. The number of ketones is 1. The van der Waals surface area contributed by atoms with Crippen molar-refractivity contribution in [3.05, 3.63) is 77.1 Å². The molecule has 0 aliphatic heterocycles. The van der Waals surface area contributed by atoms with Crippen LogP contribution in [0.3, 0.4) is 0 Å². The van der Waals surface area contributed by atoms with Crippen molar-refractivity contribution in [1.29, 1.82) is 0 Å². The number of fused-ring (bicyclic) bond motifs is 7. The van der Waals surface area contributed by atoms with Gasteiger partial charge >= 0.3 is 0 Å². The molecule has 5 unspecified atom stereocenters. The Hall–Kier alpha value is -2.59. The molecule has 1 saturated carbocycles. The number of carbonyl (C=O) groups excluding carboxylic acids is 1. The van der Waals surface area contributed by atoms with Gasteiger partial charge in [0.2, 0.25) is 0 Å². The van der Waals surface area contributed by atoms with Gasteiger partial charge in [-0.25, -0.2) is 0 Å². The van der Waals surface area contributed by atoms with Gasteiger partial charge in [-0.3, -0.25) is 4.79 Å². The molecule has 0 aromatic heterocycles. The van der Waals surface area contributed by atoms with E-state index in [2.05, 4.69) is 19.1 Å². The highest BCUT2D eigenvalue weighted by Gasteiger charge is 2.69. The molecule has 0 spiro atoms. The minimum Gasteiger partial charge on any atom is -0.498 e. The molecule has 0 heterocycles. The molecule has 2 aromatic rings. The number of benzene rings is 2. The molecular formula is C24H24O4. The van der Waals surface area contributed by atoms with Crippen LogP contribution < -0.4 is 4.74 Å². The Morgan fingerprint density at radius 3 is 2.57 bits per heavy atom. The SMILES string of the molecule is COC1=CC2C(=O)C(C3c4ccccc4CC23C)C1(O)c1cccc(OC)c1. The molecule has 3 aliphatic carbocycles. The number of methoxy groups -OCH3 is 2. The molecule has 0 radical (unpaired) electrons. The smallest absolute Gasteiger partial charge is 0.156 e. The van der Waals surface area contributed by atoms with E-state index < -0.39 is 11.5 Å². The summed E-state index contributed by atoms with van der Waals surface area (Å²) < 4.78 is 11.1. The van der Waals surface area contributed by atoms with Crippen molar-refractivity contribution < 1.29 is 19.4 Å². The first-order chi connectivity index (χ1) is 13.4. The van der Waals surface area contributed by atoms with E-state index in [1.165, 1.54) is 11.1 Å². The average molecular weight is 376 g/mol. The number of allylic oxidation sites excluding steroid dienone is 1. The summed E-state index contributed by atoms with van der Waals surface area (Å²) in [6.45, 7) is 2.18. The Morgan fingerprint density at radius 2 is 1.82 bits per heavy atom. The van der Waals surface area contributed by atoms with E-state index >= 15 is 0 Å². The molecule has 2 aromatic carbocycles. The van der Waals surface area contributed by atoms with Gasteiger partial charge in [-0.05, 0) is 46.7 Å². The standard InChI is InChI=1S/C24H24O4/c1-23-13-14-7-4-5-10-17(14)20(23)21-22(25)18(23)12-19(28-3)24(21,26)15-8-6-9-16(11-15)27-2/h4-12,18,20-21,26H,13H2,1-3H3. The summed E-state index contributed by atoms with van der Waals surface area (Å²) in [6, 6.07) is 15.6. The fraction of sp³-hybridized carbons (Fsp3) is 0.375. The highest BCUT2D eigenvalue weighted by Crippen LogP contribution is 2.68. The molecule has 4 heteroatoms. The van der Waals surface area contributed by atoms with Crippen LogP contribution in [0.5, 0.6) is 5.75 Å². The summed E-state index contributed by atoms with van der Waals surface area (Å²) in [5.41, 5.74) is 1.32. The first-order valence-electron chi connectivity index (χ1n) is 9.70. The Kier molecular flexibility index (Phi) is 3.57. The number of hydrogen-bond donors (Lipinski definition) is 1. The molecule has 4 nitrogen and oxygen atoms in total. The second-order valence-corrected chi connectivity index (χ2v) is 8.45. The Balaban J connectivity index is 1.76. The van der Waals surface area contributed by atoms with Crippen molar-refractivity contribution in [2.45, 2.75) is 24.9 Å². The van der Waals surface area contributed by atoms with Crippen LogP contribution in [0.1, 0.15) is 29.5 Å². The number of rotatable bonds is 3. The van der Waals surface area contributed by atoms with E-state index in [1.54, 1.807) is 20.3 Å². The summed E-state index contributed by atoms with van der Waals surface area (Å²) in [5.74, 6) is 0.315. The van der Waals surface area contributed by atoms with Gasteiger partial charge in [0.15, 0.2) is 5.60 Å². The molecule has 2 bridgehead atoms. The number of aliphatic hydroxyl groups is 1. The van der Waals surface area contributed by atoms with Crippen LogP contribution in [0.15, 0.2) is 60.4 Å². The molecule has 0 saturated heterocycles. The third kappa shape index (κ3) is 1.96. The predicted molar refractivity (Wildman–Crippen MR) is 105 cm³/mol. The van der Waals surface area contributed by atoms with E-state index in [-0.39, 0.29) is 23.0 Å². The van der Waals surface area contributed by atoms with Gasteiger partial charge < -0.3 is 14.6 Å². The van der Waals surface area contributed by atoms with Crippen molar-refractivity contribution in [2.24, 2.45) is 17.3 Å². The van der Waals surface area contributed by atoms with Crippen LogP contribution in [0.25, 0.3) is 0 Å². The Morgan fingerprint density at radius 1 is 1.04 bits per heavy atom. The number of hydrogen-bond acceptors (Lipinski definition) is 4. The van der Waals surface area contributed by atoms with Crippen molar-refractivity contribution in [1.82, 2.24) is 0 Å². The lowest BCUT2D eigenvalue weighted by Crippen LogP contribution is -2.45. The van der Waals surface area contributed by atoms with Crippen LogP contribution in [0.4, 0.5) is 0 Å². The van der Waals surface area contributed by atoms with Gasteiger partial charge in [0.1, 0.15) is 17.3 Å². The number of carbonyl (C=O) groups is 1. The minimum absolute atomic E-state index is 0.0544. The second-order valence-electron chi connectivity index (χ2n) is 8.45. The van der Waals surface area contributed by atoms with E-state index in [4.69, 9.17) is 9.47 Å². The molecule has 1 N–H and O–H groups in total. The Labute approximate surface area is 164 Å². The van der Waals surface area contributed by atoms with E-state index in [1.807, 2.05) is 36.4 Å². The van der Waals surface area contributed by atoms with Gasteiger partial charge in [0.25, 0.3) is 0 Å². The highest BCUT2D eigenvalue weighted by atomic mass is 16.5. The highest BCUT2D eigenvalue weighted by molar-refractivity contribution is 5.94. The lowest BCUT2D eigenvalue weighted by molar-refractivity contribution is -0.135. The van der Waals surface area contributed by atoms with Crippen molar-refractivity contribution in [2.75, 3.05) is 14.2 Å². The fourth-order valence-corrected chi connectivity index (χ4v) is 5.98. The molecule has 1 fully saturated rings. The summed E-state index contributed by atoms with van der Waals surface area (Å²) in [7, 11) is 3.16. The van der Waals surface area contributed by atoms with Gasteiger partial charge in [-0.15, -0.1) is 0 Å². The second kappa shape index (κ2) is 5.71. The lowest BCUT2D eigenvalue weighted by atomic mass is 9.69. The first kappa shape index (κ1) is 17.5. The minimum atomic E-state index is -1.52. The van der Waals surface area contributed by atoms with E-state index in [0.717, 1.165) is 6.42 Å². The van der Waals surface area contributed by atoms with Crippen LogP contribution in [0, 0.1) is 17.3 Å². The van der Waals surface area contributed by atoms with Gasteiger partial charge in [-0.2, -0.15) is 0 Å². The monoisotopic (exact) mass is 376 g/mol.